The lowest BCUT2D eigenvalue weighted by molar-refractivity contribution is -0.121. The molecule has 0 aromatic heterocycles. The number of benzene rings is 1. The molecule has 0 saturated carbocycles. The number of carbonyl (C=O) groups is 2. The number of carbonyl (C=O) groups excluding carboxylic acids is 2. The van der Waals surface area contributed by atoms with Crippen molar-refractivity contribution in [3.05, 3.63) is 35.9 Å². The summed E-state index contributed by atoms with van der Waals surface area (Å²) in [4.78, 5) is 23.2. The van der Waals surface area contributed by atoms with Crippen LogP contribution >= 0.6 is 0 Å². The van der Waals surface area contributed by atoms with Gasteiger partial charge in [0.2, 0.25) is 5.91 Å². The third kappa shape index (κ3) is 5.10. The summed E-state index contributed by atoms with van der Waals surface area (Å²) in [6.45, 7) is 1.95. The quantitative estimate of drug-likeness (QED) is 0.750. The molecular formula is C14H19NO3. The van der Waals surface area contributed by atoms with Crippen LogP contribution in [-0.2, 0) is 9.53 Å². The minimum Gasteiger partial charge on any atom is -0.382 e. The fourth-order valence-corrected chi connectivity index (χ4v) is 1.45. The second-order valence-electron chi connectivity index (χ2n) is 4.15. The van der Waals surface area contributed by atoms with Gasteiger partial charge in [-0.25, -0.2) is 0 Å². The van der Waals surface area contributed by atoms with E-state index in [9.17, 15) is 9.59 Å². The van der Waals surface area contributed by atoms with Crippen molar-refractivity contribution in [2.45, 2.75) is 25.9 Å². The van der Waals surface area contributed by atoms with Crippen LogP contribution < -0.4 is 5.32 Å². The Kier molecular flexibility index (Phi) is 6.08. The number of ether oxygens (including phenoxy) is 1. The molecule has 0 saturated heterocycles. The van der Waals surface area contributed by atoms with Crippen LogP contribution in [0.2, 0.25) is 0 Å². The van der Waals surface area contributed by atoms with Gasteiger partial charge in [-0.05, 0) is 13.3 Å². The molecule has 1 amide bonds. The Morgan fingerprint density at radius 3 is 2.56 bits per heavy atom. The average molecular weight is 249 g/mol. The van der Waals surface area contributed by atoms with Crippen molar-refractivity contribution in [3.63, 3.8) is 0 Å². The van der Waals surface area contributed by atoms with Gasteiger partial charge >= 0.3 is 0 Å². The number of hydrogen-bond acceptors (Lipinski definition) is 3. The van der Waals surface area contributed by atoms with E-state index in [2.05, 4.69) is 5.32 Å². The lowest BCUT2D eigenvalue weighted by Crippen LogP contribution is -2.30. The summed E-state index contributed by atoms with van der Waals surface area (Å²) < 4.78 is 5.05. The van der Waals surface area contributed by atoms with E-state index >= 15 is 0 Å². The Balaban J connectivity index is 2.28. The zero-order valence-corrected chi connectivity index (χ0v) is 10.8. The average Bonchev–Trinajstić information content (AvgIpc) is 2.42. The van der Waals surface area contributed by atoms with Gasteiger partial charge in [-0.15, -0.1) is 0 Å². The zero-order valence-electron chi connectivity index (χ0n) is 10.8. The van der Waals surface area contributed by atoms with E-state index in [1.165, 1.54) is 0 Å². The summed E-state index contributed by atoms with van der Waals surface area (Å²) in [5.74, 6) is -0.202. The van der Waals surface area contributed by atoms with Gasteiger partial charge in [-0.2, -0.15) is 0 Å². The fraction of sp³-hybridized carbons (Fsp3) is 0.429. The molecule has 0 spiro atoms. The Labute approximate surface area is 107 Å². The van der Waals surface area contributed by atoms with Gasteiger partial charge in [0.15, 0.2) is 5.78 Å². The lowest BCUT2D eigenvalue weighted by atomic mass is 10.1. The van der Waals surface area contributed by atoms with Gasteiger partial charge in [-0.3, -0.25) is 9.59 Å². The summed E-state index contributed by atoms with van der Waals surface area (Å²) in [6, 6.07) is 8.93. The number of methoxy groups -OCH3 is 1. The normalized spacial score (nSPS) is 11.9. The van der Waals surface area contributed by atoms with E-state index < -0.39 is 0 Å². The summed E-state index contributed by atoms with van der Waals surface area (Å²) in [5, 5.41) is 2.62. The van der Waals surface area contributed by atoms with Crippen molar-refractivity contribution in [2.24, 2.45) is 0 Å². The molecule has 1 rings (SSSR count). The van der Waals surface area contributed by atoms with Crippen molar-refractivity contribution in [1.29, 1.82) is 0 Å². The van der Waals surface area contributed by atoms with Crippen LogP contribution in [0.4, 0.5) is 0 Å². The number of amides is 1. The molecule has 1 aromatic rings. The number of nitrogens with one attached hydrogen (secondary N) is 1. The van der Waals surface area contributed by atoms with Crippen LogP contribution in [0.15, 0.2) is 30.3 Å². The minimum absolute atomic E-state index is 0.0458. The Morgan fingerprint density at radius 1 is 1.28 bits per heavy atom. The van der Waals surface area contributed by atoms with Gasteiger partial charge in [0.05, 0.1) is 12.6 Å². The molecule has 18 heavy (non-hydrogen) atoms. The molecule has 0 aliphatic rings. The molecular weight excluding hydrogens is 230 g/mol. The number of ketones is 1. The Bertz CT molecular complexity index is 389. The molecule has 1 N–H and O–H groups in total. The first-order chi connectivity index (χ1) is 8.63. The molecule has 1 atom stereocenters. The second kappa shape index (κ2) is 7.61. The highest BCUT2D eigenvalue weighted by Crippen LogP contribution is 2.01. The third-order valence-corrected chi connectivity index (χ3v) is 2.72. The predicted octanol–water partition coefficient (Wildman–Crippen LogP) is 1.80. The van der Waals surface area contributed by atoms with Gasteiger partial charge in [0.25, 0.3) is 0 Å². The van der Waals surface area contributed by atoms with Crippen LogP contribution in [0.5, 0.6) is 0 Å². The molecule has 4 nitrogen and oxygen atoms in total. The maximum absolute atomic E-state index is 11.7. The molecule has 1 unspecified atom stereocenters. The van der Waals surface area contributed by atoms with E-state index in [1.807, 2.05) is 13.0 Å². The van der Waals surface area contributed by atoms with Crippen molar-refractivity contribution < 1.29 is 14.3 Å². The number of hydrogen-bond donors (Lipinski definition) is 1. The van der Waals surface area contributed by atoms with Crippen molar-refractivity contribution >= 4 is 11.7 Å². The van der Waals surface area contributed by atoms with Gasteiger partial charge < -0.3 is 10.1 Å². The van der Waals surface area contributed by atoms with Crippen LogP contribution in [0.25, 0.3) is 0 Å². The zero-order chi connectivity index (χ0) is 13.4. The first-order valence-corrected chi connectivity index (χ1v) is 6.01. The first-order valence-electron chi connectivity index (χ1n) is 6.01. The molecule has 0 radical (unpaired) electrons. The fourth-order valence-electron chi connectivity index (χ4n) is 1.45. The first kappa shape index (κ1) is 14.4. The van der Waals surface area contributed by atoms with E-state index in [4.69, 9.17) is 4.74 Å². The summed E-state index contributed by atoms with van der Waals surface area (Å²) >= 11 is 0. The van der Waals surface area contributed by atoms with Crippen LogP contribution in [0, 0.1) is 0 Å². The predicted molar refractivity (Wildman–Crippen MR) is 69.5 cm³/mol. The molecule has 0 aliphatic heterocycles. The Morgan fingerprint density at radius 2 is 1.94 bits per heavy atom. The maximum Gasteiger partial charge on any atom is 0.220 e. The van der Waals surface area contributed by atoms with Gasteiger partial charge in [0.1, 0.15) is 0 Å². The van der Waals surface area contributed by atoms with Crippen molar-refractivity contribution in [2.75, 3.05) is 13.7 Å². The van der Waals surface area contributed by atoms with E-state index in [1.54, 1.807) is 31.4 Å². The summed E-state index contributed by atoms with van der Waals surface area (Å²) in [5.41, 5.74) is 0.614. The minimum atomic E-state index is -0.122. The van der Waals surface area contributed by atoms with E-state index in [-0.39, 0.29) is 24.3 Å². The molecule has 0 bridgehead atoms. The van der Waals surface area contributed by atoms with Gasteiger partial charge in [0, 0.05) is 19.1 Å². The summed E-state index contributed by atoms with van der Waals surface area (Å²) in [7, 11) is 1.61. The van der Waals surface area contributed by atoms with E-state index in [0.29, 0.717) is 18.4 Å². The van der Waals surface area contributed by atoms with E-state index in [0.717, 1.165) is 0 Å². The van der Waals surface area contributed by atoms with Crippen LogP contribution in [-0.4, -0.2) is 31.4 Å². The second-order valence-corrected chi connectivity index (χ2v) is 4.15. The summed E-state index contributed by atoms with van der Waals surface area (Å²) in [6.07, 6.45) is 1.08. The van der Waals surface area contributed by atoms with Crippen LogP contribution in [0.1, 0.15) is 30.1 Å². The lowest BCUT2D eigenvalue weighted by Gasteiger charge is -2.09. The molecule has 0 aliphatic carbocycles. The molecule has 0 heterocycles. The maximum atomic E-state index is 11.7. The molecule has 98 valence electrons. The molecule has 0 fully saturated rings. The Hall–Kier alpha value is -1.68. The van der Waals surface area contributed by atoms with Crippen molar-refractivity contribution in [3.8, 4) is 0 Å². The largest absolute Gasteiger partial charge is 0.382 e. The number of Topliss-reactive ketones (excluding diaryl/α,β-unsaturated/α-hetero) is 1. The van der Waals surface area contributed by atoms with Crippen molar-refractivity contribution in [1.82, 2.24) is 5.32 Å². The number of rotatable bonds is 7. The third-order valence-electron chi connectivity index (χ3n) is 2.72. The highest BCUT2D eigenvalue weighted by Gasteiger charge is 2.09. The topological polar surface area (TPSA) is 55.4 Å². The monoisotopic (exact) mass is 249 g/mol. The standard InChI is InChI=1S/C14H19NO3/c1-11(18-2)8-9-14(17)15-10-13(16)12-6-4-3-5-7-12/h3-7,11H,8-10H2,1-2H3,(H,15,17). The smallest absolute Gasteiger partial charge is 0.220 e. The molecule has 1 aromatic carbocycles. The molecule has 4 heteroatoms. The highest BCUT2D eigenvalue weighted by atomic mass is 16.5. The highest BCUT2D eigenvalue weighted by molar-refractivity contribution is 5.99. The van der Waals surface area contributed by atoms with Crippen LogP contribution in [0.3, 0.4) is 0 Å². The SMILES string of the molecule is COC(C)CCC(=O)NCC(=O)c1ccccc1. The van der Waals surface area contributed by atoms with Gasteiger partial charge in [-0.1, -0.05) is 30.3 Å².